The van der Waals surface area contributed by atoms with E-state index in [1.54, 1.807) is 19.4 Å². The highest BCUT2D eigenvalue weighted by atomic mass is 35.5. The Morgan fingerprint density at radius 2 is 2.08 bits per heavy atom. The van der Waals surface area contributed by atoms with Gasteiger partial charge in [-0.05, 0) is 18.2 Å². The third-order valence-corrected chi connectivity index (χ3v) is 4.89. The minimum atomic E-state index is -0.457. The SMILES string of the molecule is COC1C=CC(OC(=O)c2cc3c(cn2)[nH]c2ccccc23)CC1Cl. The Morgan fingerprint density at radius 3 is 2.88 bits per heavy atom. The number of carbonyl (C=O) groups excluding carboxylic acids is 1. The maximum absolute atomic E-state index is 12.5. The van der Waals surface area contributed by atoms with Crippen LogP contribution in [0.25, 0.3) is 21.8 Å². The number of ether oxygens (including phenoxy) is 2. The number of H-pyrrole nitrogens is 1. The van der Waals surface area contributed by atoms with Gasteiger partial charge in [-0.3, -0.25) is 0 Å². The minimum Gasteiger partial charge on any atom is -0.453 e. The normalized spacial score (nSPS) is 23.2. The molecule has 1 N–H and O–H groups in total. The van der Waals surface area contributed by atoms with Gasteiger partial charge in [0.2, 0.25) is 0 Å². The van der Waals surface area contributed by atoms with Crippen LogP contribution in [0.5, 0.6) is 0 Å². The summed E-state index contributed by atoms with van der Waals surface area (Å²) in [5, 5.41) is 1.78. The largest absolute Gasteiger partial charge is 0.453 e. The van der Waals surface area contributed by atoms with Crippen molar-refractivity contribution in [2.75, 3.05) is 7.11 Å². The van der Waals surface area contributed by atoms with Crippen LogP contribution in [0.15, 0.2) is 48.7 Å². The molecule has 25 heavy (non-hydrogen) atoms. The van der Waals surface area contributed by atoms with E-state index in [4.69, 9.17) is 21.1 Å². The first-order valence-electron chi connectivity index (χ1n) is 8.08. The average molecular weight is 357 g/mol. The number of alkyl halides is 1. The first-order valence-corrected chi connectivity index (χ1v) is 8.52. The fourth-order valence-corrected chi connectivity index (χ4v) is 3.52. The molecule has 0 bridgehead atoms. The van der Waals surface area contributed by atoms with E-state index in [0.29, 0.717) is 6.42 Å². The molecule has 4 rings (SSSR count). The standard InChI is InChI=1S/C19H17ClN2O3/c1-24-18-7-6-11(8-14(18)20)25-19(23)16-9-13-12-4-2-3-5-15(12)22-17(13)10-21-16/h2-7,9-11,14,18,22H,8H2,1H3. The highest BCUT2D eigenvalue weighted by molar-refractivity contribution is 6.21. The summed E-state index contributed by atoms with van der Waals surface area (Å²) in [6.45, 7) is 0. The number of methoxy groups -OCH3 is 1. The summed E-state index contributed by atoms with van der Waals surface area (Å²) in [6.07, 6.45) is 5.29. The predicted molar refractivity (Wildman–Crippen MR) is 97.0 cm³/mol. The van der Waals surface area contributed by atoms with Gasteiger partial charge in [-0.25, -0.2) is 9.78 Å². The molecule has 3 atom stereocenters. The first kappa shape index (κ1) is 16.1. The lowest BCUT2D eigenvalue weighted by molar-refractivity contribution is 0.0311. The van der Waals surface area contributed by atoms with Crippen molar-refractivity contribution in [3.8, 4) is 0 Å². The Hall–Kier alpha value is -2.37. The Balaban J connectivity index is 1.59. The molecule has 5 nitrogen and oxygen atoms in total. The zero-order valence-electron chi connectivity index (χ0n) is 13.6. The second-order valence-electron chi connectivity index (χ2n) is 6.07. The number of hydrogen-bond donors (Lipinski definition) is 1. The Bertz CT molecular complexity index is 966. The summed E-state index contributed by atoms with van der Waals surface area (Å²) in [7, 11) is 1.61. The van der Waals surface area contributed by atoms with Crippen molar-refractivity contribution >= 4 is 39.4 Å². The zero-order valence-corrected chi connectivity index (χ0v) is 14.4. The lowest BCUT2D eigenvalue weighted by atomic mass is 10.0. The fourth-order valence-electron chi connectivity index (χ4n) is 3.16. The second kappa shape index (κ2) is 6.50. The van der Waals surface area contributed by atoms with Crippen LogP contribution in [0.3, 0.4) is 0 Å². The molecule has 6 heteroatoms. The second-order valence-corrected chi connectivity index (χ2v) is 6.63. The van der Waals surface area contributed by atoms with Crippen LogP contribution >= 0.6 is 11.6 Å². The third-order valence-electron chi connectivity index (χ3n) is 4.46. The number of nitrogens with zero attached hydrogens (tertiary/aromatic N) is 1. The number of aromatic nitrogens is 2. The molecule has 1 aromatic carbocycles. The maximum Gasteiger partial charge on any atom is 0.357 e. The predicted octanol–water partition coefficient (Wildman–Crippen LogP) is 3.82. The molecule has 0 saturated heterocycles. The quantitative estimate of drug-likeness (QED) is 0.440. The van der Waals surface area contributed by atoms with Crippen molar-refractivity contribution in [1.82, 2.24) is 9.97 Å². The molecule has 0 radical (unpaired) electrons. The van der Waals surface area contributed by atoms with Crippen LogP contribution in [0.2, 0.25) is 0 Å². The van der Waals surface area contributed by atoms with Crippen molar-refractivity contribution in [2.24, 2.45) is 0 Å². The van der Waals surface area contributed by atoms with Gasteiger partial charge in [-0.2, -0.15) is 0 Å². The fraction of sp³-hybridized carbons (Fsp3) is 0.263. The smallest absolute Gasteiger partial charge is 0.357 e. The van der Waals surface area contributed by atoms with Gasteiger partial charge in [-0.1, -0.05) is 24.3 Å². The summed E-state index contributed by atoms with van der Waals surface area (Å²) in [6, 6.07) is 9.70. The van der Waals surface area contributed by atoms with Crippen LogP contribution in [0, 0.1) is 0 Å². The Labute approximate surface area is 149 Å². The lowest BCUT2D eigenvalue weighted by Gasteiger charge is -2.26. The maximum atomic E-state index is 12.5. The summed E-state index contributed by atoms with van der Waals surface area (Å²) in [5.74, 6) is -0.457. The van der Waals surface area contributed by atoms with E-state index in [-0.39, 0.29) is 23.3 Å². The van der Waals surface area contributed by atoms with Crippen molar-refractivity contribution in [3.05, 3.63) is 54.4 Å². The molecule has 128 valence electrons. The molecule has 3 unspecified atom stereocenters. The van der Waals surface area contributed by atoms with Gasteiger partial charge < -0.3 is 14.5 Å². The zero-order chi connectivity index (χ0) is 17.4. The number of carbonyl (C=O) groups is 1. The number of fused-ring (bicyclic) bond motifs is 3. The molecule has 0 fully saturated rings. The van der Waals surface area contributed by atoms with Crippen molar-refractivity contribution in [1.29, 1.82) is 0 Å². The first-order chi connectivity index (χ1) is 12.2. The van der Waals surface area contributed by atoms with Crippen molar-refractivity contribution in [2.45, 2.75) is 24.0 Å². The number of aromatic amines is 1. The molecular weight excluding hydrogens is 340 g/mol. The molecule has 0 aliphatic heterocycles. The van der Waals surface area contributed by atoms with E-state index in [1.165, 1.54) is 0 Å². The van der Waals surface area contributed by atoms with E-state index in [2.05, 4.69) is 9.97 Å². The molecule has 0 spiro atoms. The highest BCUT2D eigenvalue weighted by Gasteiger charge is 2.27. The van der Waals surface area contributed by atoms with Crippen LogP contribution in [-0.2, 0) is 9.47 Å². The molecule has 0 saturated carbocycles. The number of pyridine rings is 1. The molecule has 2 heterocycles. The van der Waals surface area contributed by atoms with E-state index in [9.17, 15) is 4.79 Å². The van der Waals surface area contributed by atoms with Crippen molar-refractivity contribution < 1.29 is 14.3 Å². The Kier molecular flexibility index (Phi) is 4.19. The number of nitrogens with one attached hydrogen (secondary N) is 1. The average Bonchev–Trinajstić information content (AvgIpc) is 2.99. The van der Waals surface area contributed by atoms with Crippen LogP contribution < -0.4 is 0 Å². The number of para-hydroxylation sites is 1. The van der Waals surface area contributed by atoms with Gasteiger partial charge in [0, 0.05) is 29.8 Å². The van der Waals surface area contributed by atoms with Crippen molar-refractivity contribution in [3.63, 3.8) is 0 Å². The van der Waals surface area contributed by atoms with Crippen LogP contribution in [0.4, 0.5) is 0 Å². The topological polar surface area (TPSA) is 64.2 Å². The summed E-state index contributed by atoms with van der Waals surface area (Å²) < 4.78 is 10.8. The molecule has 1 aliphatic carbocycles. The van der Waals surface area contributed by atoms with Gasteiger partial charge in [0.05, 0.1) is 23.2 Å². The van der Waals surface area contributed by atoms with E-state index < -0.39 is 5.97 Å². The number of halogens is 1. The summed E-state index contributed by atoms with van der Waals surface area (Å²) in [5.41, 5.74) is 2.18. The van der Waals surface area contributed by atoms with Gasteiger partial charge in [-0.15, -0.1) is 11.6 Å². The van der Waals surface area contributed by atoms with E-state index >= 15 is 0 Å². The monoisotopic (exact) mass is 356 g/mol. The van der Waals surface area contributed by atoms with Gasteiger partial charge in [0.15, 0.2) is 0 Å². The number of esters is 1. The van der Waals surface area contributed by atoms with Gasteiger partial charge in [0.1, 0.15) is 11.8 Å². The van der Waals surface area contributed by atoms with Gasteiger partial charge in [0.25, 0.3) is 0 Å². The summed E-state index contributed by atoms with van der Waals surface area (Å²) in [4.78, 5) is 20.0. The molecular formula is C19H17ClN2O3. The van der Waals surface area contributed by atoms with Crippen LogP contribution in [-0.4, -0.2) is 40.6 Å². The summed E-state index contributed by atoms with van der Waals surface area (Å²) >= 11 is 6.25. The molecule has 1 aliphatic rings. The number of rotatable bonds is 3. The van der Waals surface area contributed by atoms with E-state index in [0.717, 1.165) is 21.8 Å². The van der Waals surface area contributed by atoms with Crippen LogP contribution in [0.1, 0.15) is 16.9 Å². The number of hydrogen-bond acceptors (Lipinski definition) is 4. The highest BCUT2D eigenvalue weighted by Crippen LogP contribution is 2.26. The third kappa shape index (κ3) is 3.01. The minimum absolute atomic E-state index is 0.155. The van der Waals surface area contributed by atoms with E-state index in [1.807, 2.05) is 36.4 Å². The van der Waals surface area contributed by atoms with Gasteiger partial charge >= 0.3 is 5.97 Å². The molecule has 2 aromatic heterocycles. The molecule has 0 amide bonds. The number of benzene rings is 1. The lowest BCUT2D eigenvalue weighted by Crippen LogP contribution is -2.32. The Morgan fingerprint density at radius 1 is 1.24 bits per heavy atom. The molecule has 3 aromatic rings.